The van der Waals surface area contributed by atoms with Crippen LogP contribution in [-0.4, -0.2) is 41.8 Å². The molecule has 2 saturated heterocycles. The third kappa shape index (κ3) is 8.79. The van der Waals surface area contributed by atoms with Crippen molar-refractivity contribution >= 4 is 34.5 Å². The van der Waals surface area contributed by atoms with E-state index in [0.29, 0.717) is 0 Å². The van der Waals surface area contributed by atoms with Crippen molar-refractivity contribution in [3.63, 3.8) is 0 Å². The first-order valence-electron chi connectivity index (χ1n) is 19.4. The minimum Gasteiger partial charge on any atom is -0.497 e. The standard InChI is InChI=1S/C23H23NO2S.C23H23NOS.C2H6/c1-16-12-14-27-22(16)23(25)24-13-6-11-21(24)20-10-4-3-9-19(20)17-7-5-8-18(15-17)26-2;1-16-9-11-18(12-10-16)19-6-3-4-7-20(19)21-8-5-14-24(21)23(25)22-17(2)13-15-26-22;1-2/h3-5,7-10,12,14-15,21H,6,11,13H2,1-2H3;3-4,6-7,9-13,15,21H,5,8,14H2,1-2H3;1-2H3/t2*21-;/m00./s1. The first kappa shape index (κ1) is 39.7. The molecule has 4 aromatic carbocycles. The molecule has 2 aliphatic rings. The lowest BCUT2D eigenvalue weighted by molar-refractivity contribution is 0.0732. The molecule has 0 N–H and O–H groups in total. The number of nitrogens with zero attached hydrogens (tertiary/aromatic N) is 2. The number of carbonyl (C=O) groups is 2. The Morgan fingerprint density at radius 3 is 1.56 bits per heavy atom. The van der Waals surface area contributed by atoms with Crippen LogP contribution in [0.5, 0.6) is 5.75 Å². The highest BCUT2D eigenvalue weighted by Crippen LogP contribution is 2.41. The molecule has 5 nitrogen and oxygen atoms in total. The number of hydrogen-bond donors (Lipinski definition) is 0. The van der Waals surface area contributed by atoms with Gasteiger partial charge in [0.25, 0.3) is 11.8 Å². The Labute approximate surface area is 335 Å². The summed E-state index contributed by atoms with van der Waals surface area (Å²) in [5.41, 5.74) is 10.6. The molecule has 284 valence electrons. The molecule has 0 unspecified atom stereocenters. The molecule has 0 bridgehead atoms. The maximum Gasteiger partial charge on any atom is 0.264 e. The molecular formula is C48H52N2O3S2. The number of hydrogen-bond acceptors (Lipinski definition) is 5. The monoisotopic (exact) mass is 768 g/mol. The van der Waals surface area contributed by atoms with Crippen LogP contribution in [0.4, 0.5) is 0 Å². The number of carbonyl (C=O) groups excluding carboxylic acids is 2. The molecular weight excluding hydrogens is 717 g/mol. The van der Waals surface area contributed by atoms with E-state index in [0.717, 1.165) is 71.0 Å². The number of ether oxygens (including phenoxy) is 1. The summed E-state index contributed by atoms with van der Waals surface area (Å²) in [5.74, 6) is 1.18. The van der Waals surface area contributed by atoms with Crippen LogP contribution in [-0.2, 0) is 0 Å². The fourth-order valence-electron chi connectivity index (χ4n) is 7.74. The Bertz CT molecular complexity index is 2200. The highest BCUT2D eigenvalue weighted by Gasteiger charge is 2.34. The quantitative estimate of drug-likeness (QED) is 0.162. The maximum atomic E-state index is 13.2. The second-order valence-electron chi connectivity index (χ2n) is 14.0. The summed E-state index contributed by atoms with van der Waals surface area (Å²) in [6, 6.07) is 38.1. The van der Waals surface area contributed by atoms with Gasteiger partial charge in [-0.05, 0) is 126 Å². The van der Waals surface area contributed by atoms with Gasteiger partial charge in [-0.2, -0.15) is 0 Å². The van der Waals surface area contributed by atoms with Gasteiger partial charge in [0.1, 0.15) is 5.75 Å². The number of likely N-dealkylation sites (tertiary alicyclic amines) is 2. The van der Waals surface area contributed by atoms with E-state index in [1.165, 1.54) is 44.7 Å². The average Bonchev–Trinajstić information content (AvgIpc) is 4.07. The molecule has 2 atom stereocenters. The predicted octanol–water partition coefficient (Wildman–Crippen LogP) is 12.7. The molecule has 7 heteroatoms. The Kier molecular flexibility index (Phi) is 13.4. The Morgan fingerprint density at radius 2 is 1.09 bits per heavy atom. The van der Waals surface area contributed by atoms with E-state index in [1.807, 2.05) is 62.7 Å². The van der Waals surface area contributed by atoms with Gasteiger partial charge in [-0.25, -0.2) is 0 Å². The van der Waals surface area contributed by atoms with E-state index < -0.39 is 0 Å². The number of methoxy groups -OCH3 is 1. The van der Waals surface area contributed by atoms with Crippen molar-refractivity contribution in [1.82, 2.24) is 9.80 Å². The van der Waals surface area contributed by atoms with E-state index >= 15 is 0 Å². The molecule has 2 aromatic heterocycles. The van der Waals surface area contributed by atoms with Crippen LogP contribution in [0.3, 0.4) is 0 Å². The number of aryl methyl sites for hydroxylation is 3. The molecule has 8 rings (SSSR count). The van der Waals surface area contributed by atoms with Gasteiger partial charge in [0, 0.05) is 13.1 Å². The van der Waals surface area contributed by atoms with Crippen molar-refractivity contribution in [3.05, 3.63) is 158 Å². The minimum absolute atomic E-state index is 0.112. The predicted molar refractivity (Wildman–Crippen MR) is 231 cm³/mol. The Morgan fingerprint density at radius 1 is 0.600 bits per heavy atom. The highest BCUT2D eigenvalue weighted by molar-refractivity contribution is 7.12. The van der Waals surface area contributed by atoms with Gasteiger partial charge in [-0.3, -0.25) is 9.59 Å². The van der Waals surface area contributed by atoms with Gasteiger partial charge in [0.2, 0.25) is 0 Å². The van der Waals surface area contributed by atoms with Crippen LogP contribution in [0.1, 0.15) is 98.8 Å². The van der Waals surface area contributed by atoms with Crippen molar-refractivity contribution in [3.8, 4) is 28.0 Å². The average molecular weight is 769 g/mol. The fourth-order valence-corrected chi connectivity index (χ4v) is 9.50. The summed E-state index contributed by atoms with van der Waals surface area (Å²) >= 11 is 3.09. The lowest BCUT2D eigenvalue weighted by Gasteiger charge is -2.27. The summed E-state index contributed by atoms with van der Waals surface area (Å²) in [6.07, 6.45) is 4.12. The zero-order valence-corrected chi connectivity index (χ0v) is 34.5. The molecule has 0 aliphatic carbocycles. The molecule has 55 heavy (non-hydrogen) atoms. The molecule has 2 aliphatic heterocycles. The Balaban J connectivity index is 0.000000179. The molecule has 2 amide bonds. The number of amides is 2. The summed E-state index contributed by atoms with van der Waals surface area (Å²) in [7, 11) is 1.69. The van der Waals surface area contributed by atoms with Crippen LogP contribution < -0.4 is 4.74 Å². The SMILES string of the molecule is CC.COc1cccc(-c2ccccc2[C@@H]2CCCN2C(=O)c2sccc2C)c1.Cc1ccc(-c2ccccc2[C@@H]2CCCN2C(=O)c2sccc2C)cc1. The van der Waals surface area contributed by atoms with Gasteiger partial charge < -0.3 is 14.5 Å². The summed E-state index contributed by atoms with van der Waals surface area (Å²) in [5, 5.41) is 4.01. The number of thiophene rings is 2. The number of rotatable bonds is 7. The van der Waals surface area contributed by atoms with Crippen molar-refractivity contribution in [2.45, 2.75) is 72.4 Å². The largest absolute Gasteiger partial charge is 0.497 e. The van der Waals surface area contributed by atoms with Crippen LogP contribution in [0.15, 0.2) is 120 Å². The van der Waals surface area contributed by atoms with E-state index in [2.05, 4.69) is 102 Å². The smallest absolute Gasteiger partial charge is 0.264 e. The molecule has 0 saturated carbocycles. The maximum absolute atomic E-state index is 13.2. The zero-order valence-electron chi connectivity index (χ0n) is 32.9. The highest BCUT2D eigenvalue weighted by atomic mass is 32.1. The van der Waals surface area contributed by atoms with Crippen molar-refractivity contribution in [2.24, 2.45) is 0 Å². The van der Waals surface area contributed by atoms with Crippen molar-refractivity contribution in [2.75, 3.05) is 20.2 Å². The van der Waals surface area contributed by atoms with Crippen molar-refractivity contribution < 1.29 is 14.3 Å². The molecule has 6 aromatic rings. The van der Waals surface area contributed by atoms with E-state index in [9.17, 15) is 9.59 Å². The molecule has 4 heterocycles. The van der Waals surface area contributed by atoms with Gasteiger partial charge in [-0.15, -0.1) is 22.7 Å². The number of benzene rings is 4. The second kappa shape index (κ2) is 18.6. The zero-order chi connectivity index (χ0) is 38.9. The van der Waals surface area contributed by atoms with E-state index in [4.69, 9.17) is 4.74 Å². The summed E-state index contributed by atoms with van der Waals surface area (Å²) in [6.45, 7) is 11.8. The summed E-state index contributed by atoms with van der Waals surface area (Å²) < 4.78 is 5.40. The first-order chi connectivity index (χ1) is 26.8. The normalized spacial score (nSPS) is 16.2. The molecule has 0 spiro atoms. The summed E-state index contributed by atoms with van der Waals surface area (Å²) in [4.78, 5) is 32.2. The van der Waals surface area contributed by atoms with Crippen LogP contribution in [0, 0.1) is 20.8 Å². The lowest BCUT2D eigenvalue weighted by Crippen LogP contribution is -2.30. The topological polar surface area (TPSA) is 49.9 Å². The third-order valence-corrected chi connectivity index (χ3v) is 12.5. The van der Waals surface area contributed by atoms with Crippen LogP contribution in [0.25, 0.3) is 22.3 Å². The van der Waals surface area contributed by atoms with Gasteiger partial charge >= 0.3 is 0 Å². The van der Waals surface area contributed by atoms with Crippen LogP contribution >= 0.6 is 22.7 Å². The van der Waals surface area contributed by atoms with E-state index in [-0.39, 0.29) is 23.9 Å². The lowest BCUT2D eigenvalue weighted by atomic mass is 9.93. The molecule has 2 fully saturated rings. The third-order valence-electron chi connectivity index (χ3n) is 10.5. The first-order valence-corrected chi connectivity index (χ1v) is 21.2. The second-order valence-corrected chi connectivity index (χ2v) is 15.8. The van der Waals surface area contributed by atoms with E-state index in [1.54, 1.807) is 18.4 Å². The Hall–Kier alpha value is -4.98. The van der Waals surface area contributed by atoms with Crippen molar-refractivity contribution in [1.29, 1.82) is 0 Å². The molecule has 0 radical (unpaired) electrons. The minimum atomic E-state index is 0.112. The van der Waals surface area contributed by atoms with Gasteiger partial charge in [-0.1, -0.05) is 104 Å². The fraction of sp³-hybridized carbons (Fsp3) is 0.292. The van der Waals surface area contributed by atoms with Gasteiger partial charge in [0.05, 0.1) is 28.9 Å². The van der Waals surface area contributed by atoms with Gasteiger partial charge in [0.15, 0.2) is 0 Å². The van der Waals surface area contributed by atoms with Crippen LogP contribution in [0.2, 0.25) is 0 Å².